The molecule has 3 N–H and O–H groups in total. The van der Waals surface area contributed by atoms with E-state index >= 15 is 0 Å². The topological polar surface area (TPSA) is 127 Å². The highest BCUT2D eigenvalue weighted by Gasteiger charge is 2.18. The molecule has 0 bridgehead atoms. The van der Waals surface area contributed by atoms with Gasteiger partial charge in [-0.2, -0.15) is 0 Å². The monoisotopic (exact) mass is 465 g/mol. The number of carbonyl (C=O) groups excluding carboxylic acids is 1. The van der Waals surface area contributed by atoms with E-state index in [0.717, 1.165) is 0 Å². The molecule has 0 aliphatic carbocycles. The predicted molar refractivity (Wildman–Crippen MR) is 121 cm³/mol. The summed E-state index contributed by atoms with van der Waals surface area (Å²) in [6, 6.07) is 7.08. The molecule has 0 heterocycles. The highest BCUT2D eigenvalue weighted by molar-refractivity contribution is 7.87. The van der Waals surface area contributed by atoms with Gasteiger partial charge in [-0.25, -0.2) is 4.79 Å². The zero-order valence-electron chi connectivity index (χ0n) is 18.3. The summed E-state index contributed by atoms with van der Waals surface area (Å²) in [5.74, 6) is 1.36. The average Bonchev–Trinajstić information content (AvgIpc) is 2.81. The molecule has 9 nitrogen and oxygen atoms in total. The summed E-state index contributed by atoms with van der Waals surface area (Å²) >= 11 is 0. The third kappa shape index (κ3) is 6.46. The highest BCUT2D eigenvalue weighted by atomic mass is 32.2. The van der Waals surface area contributed by atoms with Gasteiger partial charge >= 0.3 is 5.97 Å². The van der Waals surface area contributed by atoms with Crippen molar-refractivity contribution >= 4 is 22.8 Å². The van der Waals surface area contributed by atoms with Crippen LogP contribution in [0.3, 0.4) is 0 Å². The van der Waals surface area contributed by atoms with Crippen LogP contribution in [0.4, 0.5) is 0 Å². The van der Waals surface area contributed by atoms with E-state index in [-0.39, 0.29) is 11.5 Å². The molecular formula is C22H27NO8S. The standard InChI is InChI=1S/C22H27NO8S/c1-27-15-10-19(29-3)16(20(11-15)30-4)7-8-32(26)13-14-5-6-18(28-2)21(9-14)31-22(25)17(23)12-24/h5-11,17,24H,12-13,23H2,1-4H3/t17?,32-/m1/s1. The molecule has 174 valence electrons. The van der Waals surface area contributed by atoms with Crippen molar-refractivity contribution < 1.29 is 37.8 Å². The third-order valence-corrected chi connectivity index (χ3v) is 5.44. The van der Waals surface area contributed by atoms with Crippen molar-refractivity contribution in [2.45, 2.75) is 11.8 Å². The Bertz CT molecular complexity index is 967. The van der Waals surface area contributed by atoms with Crippen LogP contribution >= 0.6 is 0 Å². The molecule has 0 spiro atoms. The fraction of sp³-hybridized carbons (Fsp3) is 0.318. The summed E-state index contributed by atoms with van der Waals surface area (Å²) in [5, 5.41) is 10.5. The summed E-state index contributed by atoms with van der Waals surface area (Å²) in [6.45, 7) is -0.548. The first-order valence-electron chi connectivity index (χ1n) is 9.47. The Morgan fingerprint density at radius 1 is 1.00 bits per heavy atom. The van der Waals surface area contributed by atoms with Crippen molar-refractivity contribution in [3.8, 4) is 28.7 Å². The van der Waals surface area contributed by atoms with Gasteiger partial charge in [0.2, 0.25) is 0 Å². The lowest BCUT2D eigenvalue weighted by Crippen LogP contribution is -2.37. The number of esters is 1. The van der Waals surface area contributed by atoms with E-state index in [2.05, 4.69) is 0 Å². The van der Waals surface area contributed by atoms with Gasteiger partial charge in [-0.15, -0.1) is 0 Å². The minimum Gasteiger partial charge on any atom is -0.496 e. The van der Waals surface area contributed by atoms with Crippen LogP contribution < -0.4 is 29.4 Å². The van der Waals surface area contributed by atoms with Crippen LogP contribution in [0, 0.1) is 0 Å². The molecule has 2 aromatic rings. The van der Waals surface area contributed by atoms with Crippen molar-refractivity contribution in [2.75, 3.05) is 35.0 Å². The SMILES string of the molecule is COc1cc(OC)c(C=C[S@@](=O)Cc2ccc(OC)c(OC(=O)C(N)CO)c2)c(OC)c1. The summed E-state index contributed by atoms with van der Waals surface area (Å²) < 4.78 is 39.1. The summed E-state index contributed by atoms with van der Waals surface area (Å²) in [6.07, 6.45) is 1.65. The maximum atomic E-state index is 12.7. The molecule has 2 atom stereocenters. The highest BCUT2D eigenvalue weighted by Crippen LogP contribution is 2.35. The molecule has 0 amide bonds. The summed E-state index contributed by atoms with van der Waals surface area (Å²) in [7, 11) is 4.59. The lowest BCUT2D eigenvalue weighted by atomic mass is 10.1. The van der Waals surface area contributed by atoms with Crippen LogP contribution in [0.2, 0.25) is 0 Å². The molecular weight excluding hydrogens is 438 g/mol. The minimum absolute atomic E-state index is 0.123. The number of ether oxygens (including phenoxy) is 5. The molecule has 2 aromatic carbocycles. The molecule has 0 aliphatic rings. The van der Waals surface area contributed by atoms with Crippen molar-refractivity contribution in [1.82, 2.24) is 0 Å². The second-order valence-corrected chi connectivity index (χ2v) is 7.79. The van der Waals surface area contributed by atoms with E-state index in [9.17, 15) is 9.00 Å². The molecule has 0 radical (unpaired) electrons. The van der Waals surface area contributed by atoms with Crippen LogP contribution in [-0.4, -0.2) is 56.4 Å². The molecule has 0 aliphatic heterocycles. The van der Waals surface area contributed by atoms with Crippen molar-refractivity contribution in [3.05, 3.63) is 46.9 Å². The van der Waals surface area contributed by atoms with Crippen LogP contribution in [0.1, 0.15) is 11.1 Å². The molecule has 10 heteroatoms. The van der Waals surface area contributed by atoms with Gasteiger partial charge in [0.1, 0.15) is 23.3 Å². The number of aliphatic hydroxyl groups excluding tert-OH is 1. The fourth-order valence-electron chi connectivity index (χ4n) is 2.70. The molecule has 32 heavy (non-hydrogen) atoms. The number of hydrogen-bond acceptors (Lipinski definition) is 9. The van der Waals surface area contributed by atoms with E-state index in [1.54, 1.807) is 36.4 Å². The Morgan fingerprint density at radius 2 is 1.62 bits per heavy atom. The van der Waals surface area contributed by atoms with E-state index in [1.165, 1.54) is 33.8 Å². The molecule has 0 saturated heterocycles. The molecule has 2 rings (SSSR count). The van der Waals surface area contributed by atoms with Crippen LogP contribution in [-0.2, 0) is 21.3 Å². The summed E-state index contributed by atoms with van der Waals surface area (Å²) in [4.78, 5) is 11.9. The summed E-state index contributed by atoms with van der Waals surface area (Å²) in [5.41, 5.74) is 6.74. The number of hydrogen-bond donors (Lipinski definition) is 2. The smallest absolute Gasteiger partial charge is 0.330 e. The second-order valence-electron chi connectivity index (χ2n) is 6.47. The zero-order valence-corrected chi connectivity index (χ0v) is 19.1. The Balaban J connectivity index is 2.22. The van der Waals surface area contributed by atoms with Gasteiger partial charge in [-0.1, -0.05) is 6.07 Å². The first-order chi connectivity index (χ1) is 15.4. The minimum atomic E-state index is -1.41. The maximum absolute atomic E-state index is 12.7. The zero-order chi connectivity index (χ0) is 23.7. The quantitative estimate of drug-likeness (QED) is 0.378. The second kappa shape index (κ2) is 12.1. The molecule has 0 fully saturated rings. The number of aliphatic hydroxyl groups is 1. The van der Waals surface area contributed by atoms with Crippen LogP contribution in [0.5, 0.6) is 28.7 Å². The van der Waals surface area contributed by atoms with Crippen LogP contribution in [0.15, 0.2) is 35.7 Å². The predicted octanol–water partition coefficient (Wildman–Crippen LogP) is 1.87. The van der Waals surface area contributed by atoms with Gasteiger partial charge in [0, 0.05) is 17.5 Å². The number of benzene rings is 2. The maximum Gasteiger partial charge on any atom is 0.330 e. The van der Waals surface area contributed by atoms with Gasteiger partial charge in [0.25, 0.3) is 0 Å². The average molecular weight is 466 g/mol. The van der Waals surface area contributed by atoms with E-state index in [1.807, 2.05) is 0 Å². The van der Waals surface area contributed by atoms with Gasteiger partial charge in [0.05, 0.1) is 57.2 Å². The number of carbonyl (C=O) groups is 1. The number of methoxy groups -OCH3 is 4. The van der Waals surface area contributed by atoms with Crippen molar-refractivity contribution in [3.63, 3.8) is 0 Å². The number of rotatable bonds is 11. The van der Waals surface area contributed by atoms with Gasteiger partial charge < -0.3 is 34.5 Å². The largest absolute Gasteiger partial charge is 0.496 e. The van der Waals surface area contributed by atoms with Gasteiger partial charge in [-0.05, 0) is 23.8 Å². The Hall–Kier alpha value is -3.08. The van der Waals surface area contributed by atoms with Gasteiger partial charge in [0.15, 0.2) is 11.5 Å². The van der Waals surface area contributed by atoms with Gasteiger partial charge in [-0.3, -0.25) is 4.21 Å². The lowest BCUT2D eigenvalue weighted by Gasteiger charge is -2.13. The van der Waals surface area contributed by atoms with Crippen LogP contribution in [0.25, 0.3) is 6.08 Å². The Morgan fingerprint density at radius 3 is 2.16 bits per heavy atom. The molecule has 0 aromatic heterocycles. The molecule has 0 saturated carbocycles. The molecule has 1 unspecified atom stereocenters. The Kier molecular flexibility index (Phi) is 9.51. The van der Waals surface area contributed by atoms with E-state index in [0.29, 0.717) is 34.1 Å². The third-order valence-electron chi connectivity index (χ3n) is 4.39. The first-order valence-corrected chi connectivity index (χ1v) is 10.8. The number of nitrogens with two attached hydrogens (primary N) is 1. The van der Waals surface area contributed by atoms with E-state index in [4.69, 9.17) is 34.5 Å². The Labute approximate surface area is 189 Å². The normalized spacial score (nSPS) is 12.8. The first kappa shape index (κ1) is 25.2. The van der Waals surface area contributed by atoms with Crippen molar-refractivity contribution in [2.24, 2.45) is 5.73 Å². The van der Waals surface area contributed by atoms with Crippen molar-refractivity contribution in [1.29, 1.82) is 0 Å². The lowest BCUT2D eigenvalue weighted by molar-refractivity contribution is -0.136. The fourth-order valence-corrected chi connectivity index (χ4v) is 3.59. The van der Waals surface area contributed by atoms with E-state index < -0.39 is 29.4 Å².